The van der Waals surface area contributed by atoms with Gasteiger partial charge in [0.15, 0.2) is 0 Å². The number of hydrogen-bond acceptors (Lipinski definition) is 7. The summed E-state index contributed by atoms with van der Waals surface area (Å²) in [6.45, 7) is 6.65. The summed E-state index contributed by atoms with van der Waals surface area (Å²) in [7, 11) is 0. The summed E-state index contributed by atoms with van der Waals surface area (Å²) in [5.41, 5.74) is 2.46. The number of unbranched alkanes of at least 4 members (excludes halogenated alkanes) is 14. The second-order valence-corrected chi connectivity index (χ2v) is 14.0. The Kier molecular flexibility index (Phi) is 26.2. The topological polar surface area (TPSA) is 72.5 Å². The Bertz CT molecular complexity index is 1170. The molecule has 0 amide bonds. The van der Waals surface area contributed by atoms with E-state index in [2.05, 4.69) is 43.3 Å². The third-order valence-electron chi connectivity index (χ3n) is 9.68. The van der Waals surface area contributed by atoms with Crippen molar-refractivity contribution in [2.45, 2.75) is 115 Å². The molecule has 0 bridgehead atoms. The predicted octanol–water partition coefficient (Wildman–Crippen LogP) is 10.9. The van der Waals surface area contributed by atoms with E-state index in [1.807, 2.05) is 54.6 Å². The molecule has 3 rings (SSSR count). The van der Waals surface area contributed by atoms with Gasteiger partial charge < -0.3 is 28.4 Å². The van der Waals surface area contributed by atoms with Gasteiger partial charge in [0.2, 0.25) is 0 Å². The largest absolute Gasteiger partial charge is 0.463 e. The summed E-state index contributed by atoms with van der Waals surface area (Å²) in [5, 5.41) is 0. The summed E-state index contributed by atoms with van der Waals surface area (Å²) >= 11 is 0. The molecule has 0 aliphatic carbocycles. The Morgan fingerprint density at radius 3 is 1.09 bits per heavy atom. The lowest BCUT2D eigenvalue weighted by atomic mass is 9.80. The van der Waals surface area contributed by atoms with Gasteiger partial charge in [-0.1, -0.05) is 188 Å². The number of carbonyl (C=O) groups excluding carboxylic acids is 1. The number of hydrogen-bond donors (Lipinski definition) is 0. The molecule has 0 radical (unpaired) electrons. The summed E-state index contributed by atoms with van der Waals surface area (Å²) < 4.78 is 34.7. The maximum absolute atomic E-state index is 12.0. The first-order chi connectivity index (χ1) is 26.8. The van der Waals surface area contributed by atoms with Gasteiger partial charge in [-0.3, -0.25) is 4.79 Å². The smallest absolute Gasteiger partial charge is 0.305 e. The van der Waals surface area contributed by atoms with Crippen LogP contribution in [0.3, 0.4) is 0 Å². The number of carbonyl (C=O) groups is 1. The van der Waals surface area contributed by atoms with E-state index >= 15 is 0 Å². The second-order valence-electron chi connectivity index (χ2n) is 14.0. The van der Waals surface area contributed by atoms with Gasteiger partial charge in [-0.15, -0.1) is 0 Å². The van der Waals surface area contributed by atoms with E-state index in [4.69, 9.17) is 28.4 Å². The van der Waals surface area contributed by atoms with Gasteiger partial charge in [0, 0.05) is 6.42 Å². The minimum atomic E-state index is -0.750. The van der Waals surface area contributed by atoms with Crippen LogP contribution in [0.5, 0.6) is 0 Å². The molecule has 0 spiro atoms. The first-order valence-corrected chi connectivity index (χ1v) is 21.0. The molecule has 0 aliphatic heterocycles. The quantitative estimate of drug-likeness (QED) is 0.0337. The maximum atomic E-state index is 12.0. The number of rotatable bonds is 35. The number of benzene rings is 3. The summed E-state index contributed by atoms with van der Waals surface area (Å²) in [4.78, 5) is 12.0. The Morgan fingerprint density at radius 2 is 0.722 bits per heavy atom. The van der Waals surface area contributed by atoms with Crippen molar-refractivity contribution in [1.29, 1.82) is 0 Å². The summed E-state index contributed by atoms with van der Waals surface area (Å²) in [6, 6.07) is 31.0. The summed E-state index contributed by atoms with van der Waals surface area (Å²) in [6.07, 6.45) is 20.2. The SMILES string of the molecule is CCCCCCCCCCCCCCCCCC(=O)OCCOCCOCCOCCOCCOC(c1ccccc1)(c1ccccc1)c1ccccc1. The molecule has 0 atom stereocenters. The van der Waals surface area contributed by atoms with Crippen LogP contribution in [0.1, 0.15) is 126 Å². The van der Waals surface area contributed by atoms with Crippen molar-refractivity contribution in [3.05, 3.63) is 108 Å². The zero-order valence-electron chi connectivity index (χ0n) is 33.4. The van der Waals surface area contributed by atoms with Crippen LogP contribution < -0.4 is 0 Å². The van der Waals surface area contributed by atoms with Gasteiger partial charge in [-0.05, 0) is 23.1 Å². The van der Waals surface area contributed by atoms with Gasteiger partial charge in [0.25, 0.3) is 0 Å². The Labute approximate surface area is 327 Å². The molecular weight excluding hydrogens is 677 g/mol. The van der Waals surface area contributed by atoms with E-state index < -0.39 is 5.60 Å². The standard InChI is InChI=1S/C47H70O7/c1-2-3-4-5-6-7-8-9-10-11-12-13-14-15-25-32-46(48)53-41-39-51-37-35-49-33-34-50-36-38-52-40-42-54-47(43-26-19-16-20-27-43,44-28-21-17-22-29-44)45-30-23-18-24-31-45/h16-24,26-31H,2-15,25,32-42H2,1H3. The predicted molar refractivity (Wildman–Crippen MR) is 219 cm³/mol. The highest BCUT2D eigenvalue weighted by atomic mass is 16.6. The summed E-state index contributed by atoms with van der Waals surface area (Å²) in [5.74, 6) is -0.127. The molecule has 0 saturated carbocycles. The van der Waals surface area contributed by atoms with Crippen LogP contribution in [-0.4, -0.2) is 72.0 Å². The molecule has 0 aromatic heterocycles. The molecule has 0 fully saturated rings. The van der Waals surface area contributed by atoms with Crippen LogP contribution in [0.15, 0.2) is 91.0 Å². The van der Waals surface area contributed by atoms with Crippen molar-refractivity contribution in [1.82, 2.24) is 0 Å². The van der Waals surface area contributed by atoms with Crippen LogP contribution in [0, 0.1) is 0 Å². The normalized spacial score (nSPS) is 11.6. The lowest BCUT2D eigenvalue weighted by molar-refractivity contribution is -0.145. The van der Waals surface area contributed by atoms with E-state index in [1.54, 1.807) is 0 Å². The Morgan fingerprint density at radius 1 is 0.407 bits per heavy atom. The molecular formula is C47H70O7. The van der Waals surface area contributed by atoms with Crippen molar-refractivity contribution >= 4 is 5.97 Å². The maximum Gasteiger partial charge on any atom is 0.305 e. The van der Waals surface area contributed by atoms with E-state index in [0.29, 0.717) is 65.9 Å². The van der Waals surface area contributed by atoms with Gasteiger partial charge in [0.05, 0.1) is 59.5 Å². The first-order valence-electron chi connectivity index (χ1n) is 21.0. The minimum Gasteiger partial charge on any atom is -0.463 e. The molecule has 0 N–H and O–H groups in total. The van der Waals surface area contributed by atoms with Gasteiger partial charge in [-0.2, -0.15) is 0 Å². The van der Waals surface area contributed by atoms with Crippen LogP contribution in [0.4, 0.5) is 0 Å². The van der Waals surface area contributed by atoms with E-state index in [1.165, 1.54) is 83.5 Å². The van der Waals surface area contributed by atoms with E-state index in [0.717, 1.165) is 29.5 Å². The molecule has 3 aromatic carbocycles. The lowest BCUT2D eigenvalue weighted by Gasteiger charge is -2.36. The third-order valence-corrected chi connectivity index (χ3v) is 9.68. The average molecular weight is 747 g/mol. The highest BCUT2D eigenvalue weighted by Gasteiger charge is 2.37. The van der Waals surface area contributed by atoms with Crippen molar-refractivity contribution in [3.63, 3.8) is 0 Å². The van der Waals surface area contributed by atoms with Crippen LogP contribution in [0.25, 0.3) is 0 Å². The van der Waals surface area contributed by atoms with Crippen molar-refractivity contribution in [2.75, 3.05) is 66.1 Å². The molecule has 0 saturated heterocycles. The van der Waals surface area contributed by atoms with E-state index in [9.17, 15) is 4.79 Å². The average Bonchev–Trinajstić information content (AvgIpc) is 3.21. The molecule has 0 heterocycles. The van der Waals surface area contributed by atoms with Crippen LogP contribution in [0.2, 0.25) is 0 Å². The highest BCUT2D eigenvalue weighted by molar-refractivity contribution is 5.69. The van der Waals surface area contributed by atoms with Crippen LogP contribution >= 0.6 is 0 Å². The van der Waals surface area contributed by atoms with Crippen LogP contribution in [-0.2, 0) is 38.8 Å². The molecule has 54 heavy (non-hydrogen) atoms. The fourth-order valence-corrected chi connectivity index (χ4v) is 6.71. The first kappa shape index (κ1) is 45.3. The highest BCUT2D eigenvalue weighted by Crippen LogP contribution is 2.40. The molecule has 0 unspecified atom stereocenters. The second kappa shape index (κ2) is 31.2. The Hall–Kier alpha value is -3.07. The number of ether oxygens (including phenoxy) is 6. The fourth-order valence-electron chi connectivity index (χ4n) is 6.71. The molecule has 7 nitrogen and oxygen atoms in total. The number of esters is 1. The molecule has 7 heteroatoms. The van der Waals surface area contributed by atoms with Crippen molar-refractivity contribution in [2.24, 2.45) is 0 Å². The minimum absolute atomic E-state index is 0.127. The van der Waals surface area contributed by atoms with Gasteiger partial charge >= 0.3 is 5.97 Å². The zero-order valence-corrected chi connectivity index (χ0v) is 33.4. The van der Waals surface area contributed by atoms with Crippen molar-refractivity contribution in [3.8, 4) is 0 Å². The lowest BCUT2D eigenvalue weighted by Crippen LogP contribution is -2.34. The zero-order chi connectivity index (χ0) is 38.0. The molecule has 300 valence electrons. The molecule has 0 aliphatic rings. The van der Waals surface area contributed by atoms with E-state index in [-0.39, 0.29) is 12.6 Å². The monoisotopic (exact) mass is 747 g/mol. The van der Waals surface area contributed by atoms with Gasteiger partial charge in [0.1, 0.15) is 12.2 Å². The fraction of sp³-hybridized carbons (Fsp3) is 0.596. The van der Waals surface area contributed by atoms with Gasteiger partial charge in [-0.25, -0.2) is 0 Å². The Balaban J connectivity index is 1.10. The molecule has 3 aromatic rings. The third kappa shape index (κ3) is 19.5. The van der Waals surface area contributed by atoms with Crippen molar-refractivity contribution < 1.29 is 33.2 Å².